The summed E-state index contributed by atoms with van der Waals surface area (Å²) >= 11 is 0. The fraction of sp³-hybridized carbons (Fsp3) is 0.667. The van der Waals surface area contributed by atoms with Gasteiger partial charge in [0.1, 0.15) is 0 Å². The number of unbranched alkanes of at least 4 members (excludes halogenated alkanes) is 2. The zero-order valence-electron chi connectivity index (χ0n) is 9.58. The van der Waals surface area contributed by atoms with E-state index in [-0.39, 0.29) is 0 Å². The van der Waals surface area contributed by atoms with Gasteiger partial charge >= 0.3 is 0 Å². The molecule has 1 aromatic rings. The van der Waals surface area contributed by atoms with Crippen molar-refractivity contribution in [3.8, 4) is 0 Å². The summed E-state index contributed by atoms with van der Waals surface area (Å²) in [5, 5.41) is 12.0. The van der Waals surface area contributed by atoms with E-state index in [0.29, 0.717) is 6.61 Å². The summed E-state index contributed by atoms with van der Waals surface area (Å²) in [6.07, 6.45) is 7.48. The van der Waals surface area contributed by atoms with Gasteiger partial charge in [0.25, 0.3) is 0 Å². The molecule has 0 spiro atoms. The average Bonchev–Trinajstić information content (AvgIpc) is 2.71. The zero-order chi connectivity index (χ0) is 10.9. The van der Waals surface area contributed by atoms with Crippen LogP contribution in [0.3, 0.4) is 0 Å². The second-order valence-electron chi connectivity index (χ2n) is 3.81. The molecular weight excluding hydrogens is 188 g/mol. The standard InChI is InChI=1S/C12H22N2O/c1-2-14-8-6-12(11-14)10-13-7-4-3-5-9-15/h6,8,11,13,15H,2-5,7,9-10H2,1H3. The van der Waals surface area contributed by atoms with Crippen molar-refractivity contribution >= 4 is 0 Å². The van der Waals surface area contributed by atoms with Crippen LogP contribution < -0.4 is 5.32 Å². The maximum absolute atomic E-state index is 8.61. The highest BCUT2D eigenvalue weighted by Gasteiger charge is 1.95. The highest BCUT2D eigenvalue weighted by Crippen LogP contribution is 2.00. The number of aryl methyl sites for hydroxylation is 1. The molecule has 2 N–H and O–H groups in total. The number of aliphatic hydroxyl groups is 1. The molecule has 1 heterocycles. The topological polar surface area (TPSA) is 37.2 Å². The van der Waals surface area contributed by atoms with Gasteiger partial charge in [-0.05, 0) is 44.4 Å². The Bertz CT molecular complexity index is 258. The van der Waals surface area contributed by atoms with Gasteiger partial charge in [0.05, 0.1) is 0 Å². The second kappa shape index (κ2) is 7.49. The first-order valence-corrected chi connectivity index (χ1v) is 5.83. The van der Waals surface area contributed by atoms with Gasteiger partial charge in [-0.1, -0.05) is 0 Å². The summed E-state index contributed by atoms with van der Waals surface area (Å²) in [6, 6.07) is 2.16. The first-order chi connectivity index (χ1) is 7.36. The van der Waals surface area contributed by atoms with Crippen molar-refractivity contribution in [2.75, 3.05) is 13.2 Å². The normalized spacial score (nSPS) is 10.8. The molecule has 0 radical (unpaired) electrons. The van der Waals surface area contributed by atoms with E-state index in [1.54, 1.807) is 0 Å². The molecule has 3 nitrogen and oxygen atoms in total. The molecule has 1 aromatic heterocycles. The molecule has 0 unspecified atom stereocenters. The van der Waals surface area contributed by atoms with Crippen LogP contribution in [0.1, 0.15) is 31.7 Å². The number of rotatable bonds is 8. The Balaban J connectivity index is 2.04. The zero-order valence-corrected chi connectivity index (χ0v) is 9.58. The molecule has 3 heteroatoms. The van der Waals surface area contributed by atoms with E-state index in [0.717, 1.165) is 38.9 Å². The van der Waals surface area contributed by atoms with E-state index < -0.39 is 0 Å². The summed E-state index contributed by atoms with van der Waals surface area (Å²) < 4.78 is 2.18. The van der Waals surface area contributed by atoms with Gasteiger partial charge in [0, 0.05) is 32.1 Å². The van der Waals surface area contributed by atoms with E-state index in [1.165, 1.54) is 5.56 Å². The van der Waals surface area contributed by atoms with E-state index in [4.69, 9.17) is 5.11 Å². The molecule has 0 aromatic carbocycles. The predicted molar refractivity (Wildman–Crippen MR) is 62.7 cm³/mol. The number of aromatic nitrogens is 1. The lowest BCUT2D eigenvalue weighted by molar-refractivity contribution is 0.283. The van der Waals surface area contributed by atoms with E-state index in [9.17, 15) is 0 Å². The van der Waals surface area contributed by atoms with Crippen LogP contribution in [0.5, 0.6) is 0 Å². The van der Waals surface area contributed by atoms with Crippen molar-refractivity contribution in [1.82, 2.24) is 9.88 Å². The lowest BCUT2D eigenvalue weighted by Gasteiger charge is -2.02. The van der Waals surface area contributed by atoms with Crippen molar-refractivity contribution in [3.05, 3.63) is 24.0 Å². The number of nitrogens with zero attached hydrogens (tertiary/aromatic N) is 1. The number of hydrogen-bond donors (Lipinski definition) is 2. The van der Waals surface area contributed by atoms with E-state index in [1.807, 2.05) is 0 Å². The Morgan fingerprint density at radius 3 is 2.87 bits per heavy atom. The molecule has 15 heavy (non-hydrogen) atoms. The average molecular weight is 210 g/mol. The van der Waals surface area contributed by atoms with Gasteiger partial charge in [-0.25, -0.2) is 0 Å². The third-order valence-corrected chi connectivity index (χ3v) is 2.52. The first-order valence-electron chi connectivity index (χ1n) is 5.83. The molecule has 0 bridgehead atoms. The smallest absolute Gasteiger partial charge is 0.0431 e. The van der Waals surface area contributed by atoms with E-state index in [2.05, 4.69) is 35.3 Å². The minimum atomic E-state index is 0.319. The minimum Gasteiger partial charge on any atom is -0.396 e. The van der Waals surface area contributed by atoms with Crippen molar-refractivity contribution in [2.24, 2.45) is 0 Å². The number of hydrogen-bond acceptors (Lipinski definition) is 2. The highest BCUT2D eigenvalue weighted by molar-refractivity contribution is 5.09. The molecular formula is C12H22N2O. The molecule has 0 aliphatic heterocycles. The molecule has 0 aliphatic rings. The van der Waals surface area contributed by atoms with Crippen molar-refractivity contribution in [1.29, 1.82) is 0 Å². The van der Waals surface area contributed by atoms with Crippen LogP contribution >= 0.6 is 0 Å². The van der Waals surface area contributed by atoms with Crippen LogP contribution in [0, 0.1) is 0 Å². The molecule has 0 saturated carbocycles. The molecule has 0 amide bonds. The van der Waals surface area contributed by atoms with Crippen LogP contribution in [0.2, 0.25) is 0 Å². The summed E-state index contributed by atoms with van der Waals surface area (Å²) in [5.41, 5.74) is 1.35. The maximum Gasteiger partial charge on any atom is 0.0431 e. The lowest BCUT2D eigenvalue weighted by atomic mass is 10.2. The van der Waals surface area contributed by atoms with Crippen LogP contribution in [-0.2, 0) is 13.1 Å². The largest absolute Gasteiger partial charge is 0.396 e. The molecule has 0 fully saturated rings. The Kier molecular flexibility index (Phi) is 6.12. The summed E-state index contributed by atoms with van der Waals surface area (Å²) in [5.74, 6) is 0. The fourth-order valence-corrected chi connectivity index (χ4v) is 1.56. The van der Waals surface area contributed by atoms with Gasteiger partial charge in [0.2, 0.25) is 0 Å². The van der Waals surface area contributed by atoms with Crippen LogP contribution in [0.25, 0.3) is 0 Å². The maximum atomic E-state index is 8.61. The third kappa shape index (κ3) is 5.00. The predicted octanol–water partition coefficient (Wildman–Crippen LogP) is 1.76. The molecule has 0 saturated heterocycles. The van der Waals surface area contributed by atoms with Crippen molar-refractivity contribution in [2.45, 2.75) is 39.3 Å². The number of nitrogens with one attached hydrogen (secondary N) is 1. The Hall–Kier alpha value is -0.800. The third-order valence-electron chi connectivity index (χ3n) is 2.52. The van der Waals surface area contributed by atoms with E-state index >= 15 is 0 Å². The van der Waals surface area contributed by atoms with Crippen LogP contribution in [0.4, 0.5) is 0 Å². The fourth-order valence-electron chi connectivity index (χ4n) is 1.56. The monoisotopic (exact) mass is 210 g/mol. The Morgan fingerprint density at radius 2 is 2.20 bits per heavy atom. The molecule has 86 valence electrons. The molecule has 0 atom stereocenters. The Morgan fingerprint density at radius 1 is 1.33 bits per heavy atom. The van der Waals surface area contributed by atoms with Crippen molar-refractivity contribution < 1.29 is 5.11 Å². The highest BCUT2D eigenvalue weighted by atomic mass is 16.2. The Labute approximate surface area is 92.1 Å². The van der Waals surface area contributed by atoms with Crippen LogP contribution in [0.15, 0.2) is 18.5 Å². The second-order valence-corrected chi connectivity index (χ2v) is 3.81. The summed E-state index contributed by atoms with van der Waals surface area (Å²) in [4.78, 5) is 0. The van der Waals surface area contributed by atoms with Crippen molar-refractivity contribution in [3.63, 3.8) is 0 Å². The van der Waals surface area contributed by atoms with Gasteiger partial charge in [-0.15, -0.1) is 0 Å². The van der Waals surface area contributed by atoms with Crippen LogP contribution in [-0.4, -0.2) is 22.8 Å². The number of aliphatic hydroxyl groups excluding tert-OH is 1. The van der Waals surface area contributed by atoms with Gasteiger partial charge in [-0.3, -0.25) is 0 Å². The molecule has 1 rings (SSSR count). The van der Waals surface area contributed by atoms with Gasteiger partial charge in [-0.2, -0.15) is 0 Å². The molecule has 0 aliphatic carbocycles. The summed E-state index contributed by atoms with van der Waals surface area (Å²) in [6.45, 7) is 5.49. The van der Waals surface area contributed by atoms with Gasteiger partial charge in [0.15, 0.2) is 0 Å². The first kappa shape index (κ1) is 12.3. The SMILES string of the molecule is CCn1ccc(CNCCCCCO)c1. The van der Waals surface area contributed by atoms with Gasteiger partial charge < -0.3 is 15.0 Å². The lowest BCUT2D eigenvalue weighted by Crippen LogP contribution is -2.14. The summed E-state index contributed by atoms with van der Waals surface area (Å²) in [7, 11) is 0. The minimum absolute atomic E-state index is 0.319. The quantitative estimate of drug-likeness (QED) is 0.642.